The summed E-state index contributed by atoms with van der Waals surface area (Å²) < 4.78 is 5.46. The highest BCUT2D eigenvalue weighted by Crippen LogP contribution is 2.20. The molecule has 0 radical (unpaired) electrons. The van der Waals surface area contributed by atoms with Crippen LogP contribution in [-0.4, -0.2) is 30.5 Å². The second-order valence-electron chi connectivity index (χ2n) is 7.12. The molecule has 3 amide bonds. The summed E-state index contributed by atoms with van der Waals surface area (Å²) in [6.45, 7) is 0.174. The van der Waals surface area contributed by atoms with E-state index < -0.39 is 11.8 Å². The highest BCUT2D eigenvalue weighted by Gasteiger charge is 2.08. The Morgan fingerprint density at radius 2 is 1.56 bits per heavy atom. The van der Waals surface area contributed by atoms with Crippen molar-refractivity contribution >= 4 is 41.2 Å². The predicted molar refractivity (Wildman–Crippen MR) is 131 cm³/mol. The second kappa shape index (κ2) is 12.8. The van der Waals surface area contributed by atoms with Crippen LogP contribution in [0.3, 0.4) is 0 Å². The highest BCUT2D eigenvalue weighted by molar-refractivity contribution is 6.33. The van der Waals surface area contributed by atoms with Crippen molar-refractivity contribution in [2.75, 3.05) is 11.9 Å². The van der Waals surface area contributed by atoms with Crippen LogP contribution < -0.4 is 20.8 Å². The van der Waals surface area contributed by atoms with E-state index in [2.05, 4.69) is 21.2 Å². The van der Waals surface area contributed by atoms with Crippen molar-refractivity contribution in [2.24, 2.45) is 5.10 Å². The Labute approximate surface area is 202 Å². The molecule has 3 aromatic carbocycles. The van der Waals surface area contributed by atoms with Gasteiger partial charge in [-0.05, 0) is 47.5 Å². The average Bonchev–Trinajstić information content (AvgIpc) is 2.84. The molecule has 0 aliphatic rings. The Bertz CT molecular complexity index is 1150. The number of nitrogens with zero attached hydrogens (tertiary/aromatic N) is 1. The first-order valence-corrected chi connectivity index (χ1v) is 10.8. The minimum atomic E-state index is -0.522. The molecule has 3 rings (SSSR count). The van der Waals surface area contributed by atoms with Gasteiger partial charge in [-0.15, -0.1) is 0 Å². The van der Waals surface area contributed by atoms with E-state index in [0.717, 1.165) is 5.56 Å². The van der Waals surface area contributed by atoms with Gasteiger partial charge >= 0.3 is 0 Å². The summed E-state index contributed by atoms with van der Waals surface area (Å²) >= 11 is 6.01. The second-order valence-corrected chi connectivity index (χ2v) is 7.53. The monoisotopic (exact) mass is 478 g/mol. The maximum atomic E-state index is 12.0. The van der Waals surface area contributed by atoms with Crippen LogP contribution in [0.1, 0.15) is 17.5 Å². The zero-order chi connectivity index (χ0) is 24.2. The number of rotatable bonds is 10. The Morgan fingerprint density at radius 1 is 0.853 bits per heavy atom. The molecule has 9 heteroatoms. The number of amides is 3. The maximum absolute atomic E-state index is 12.0. The molecule has 0 saturated carbocycles. The number of para-hydroxylation sites is 1. The number of anilines is 1. The van der Waals surface area contributed by atoms with Crippen LogP contribution in [-0.2, 0) is 20.9 Å². The fourth-order valence-corrected chi connectivity index (χ4v) is 2.95. The number of carbonyl (C=O) groups excluding carboxylic acids is 3. The first-order valence-electron chi connectivity index (χ1n) is 10.4. The Morgan fingerprint density at radius 3 is 2.29 bits per heavy atom. The number of benzene rings is 3. The summed E-state index contributed by atoms with van der Waals surface area (Å²) in [5, 5.41) is 9.65. The zero-order valence-corrected chi connectivity index (χ0v) is 18.9. The first kappa shape index (κ1) is 24.5. The van der Waals surface area contributed by atoms with E-state index in [9.17, 15) is 14.4 Å². The summed E-state index contributed by atoms with van der Waals surface area (Å²) in [5.41, 5.74) is 4.47. The number of ether oxygens (including phenoxy) is 1. The van der Waals surface area contributed by atoms with Crippen LogP contribution in [0.15, 0.2) is 84.0 Å². The number of nitrogens with one attached hydrogen (secondary N) is 3. The normalized spacial score (nSPS) is 10.5. The van der Waals surface area contributed by atoms with Gasteiger partial charge in [0.2, 0.25) is 11.8 Å². The zero-order valence-electron chi connectivity index (χ0n) is 18.2. The molecular weight excluding hydrogens is 456 g/mol. The third-order valence-electron chi connectivity index (χ3n) is 4.45. The molecule has 0 unspecified atom stereocenters. The van der Waals surface area contributed by atoms with Crippen LogP contribution >= 0.6 is 11.6 Å². The SMILES string of the molecule is O=C(CC(=O)N/N=C/c1ccc(OCC(=O)Nc2ccccc2Cl)cc1)NCc1ccccc1. The summed E-state index contributed by atoms with van der Waals surface area (Å²) in [7, 11) is 0. The van der Waals surface area contributed by atoms with Gasteiger partial charge in [0.1, 0.15) is 12.2 Å². The highest BCUT2D eigenvalue weighted by atomic mass is 35.5. The van der Waals surface area contributed by atoms with Gasteiger partial charge in [0.15, 0.2) is 6.61 Å². The van der Waals surface area contributed by atoms with Crippen molar-refractivity contribution in [3.8, 4) is 5.75 Å². The number of hydrazone groups is 1. The van der Waals surface area contributed by atoms with Crippen LogP contribution in [0.25, 0.3) is 0 Å². The van der Waals surface area contributed by atoms with Crippen LogP contribution in [0.2, 0.25) is 5.02 Å². The van der Waals surface area contributed by atoms with E-state index in [0.29, 0.717) is 28.6 Å². The van der Waals surface area contributed by atoms with E-state index in [4.69, 9.17) is 16.3 Å². The third-order valence-corrected chi connectivity index (χ3v) is 4.78. The quantitative estimate of drug-likeness (QED) is 0.235. The van der Waals surface area contributed by atoms with Gasteiger partial charge in [0.25, 0.3) is 5.91 Å². The number of halogens is 1. The summed E-state index contributed by atoms with van der Waals surface area (Å²) in [6, 6.07) is 23.1. The lowest BCUT2D eigenvalue weighted by Crippen LogP contribution is -2.29. The predicted octanol–water partition coefficient (Wildman–Crippen LogP) is 3.51. The number of carbonyl (C=O) groups is 3. The molecule has 0 heterocycles. The molecule has 0 aliphatic carbocycles. The molecule has 0 spiro atoms. The average molecular weight is 479 g/mol. The van der Waals surface area contributed by atoms with Gasteiger partial charge in [-0.25, -0.2) is 5.43 Å². The minimum absolute atomic E-state index is 0.180. The van der Waals surface area contributed by atoms with Crippen LogP contribution in [0.4, 0.5) is 5.69 Å². The topological polar surface area (TPSA) is 109 Å². The fourth-order valence-electron chi connectivity index (χ4n) is 2.77. The van der Waals surface area contributed by atoms with Gasteiger partial charge in [-0.2, -0.15) is 5.10 Å². The molecule has 0 bridgehead atoms. The molecule has 3 N–H and O–H groups in total. The lowest BCUT2D eigenvalue weighted by atomic mass is 10.2. The number of hydrogen-bond acceptors (Lipinski definition) is 5. The van der Waals surface area contributed by atoms with E-state index in [1.807, 2.05) is 30.3 Å². The lowest BCUT2D eigenvalue weighted by Gasteiger charge is -2.08. The molecular formula is C25H23ClN4O4. The molecule has 3 aromatic rings. The lowest BCUT2D eigenvalue weighted by molar-refractivity contribution is -0.129. The van der Waals surface area contributed by atoms with Gasteiger partial charge < -0.3 is 15.4 Å². The summed E-state index contributed by atoms with van der Waals surface area (Å²) in [6.07, 6.45) is 1.11. The smallest absolute Gasteiger partial charge is 0.262 e. The molecule has 174 valence electrons. The summed E-state index contributed by atoms with van der Waals surface area (Å²) in [4.78, 5) is 35.7. The van der Waals surface area contributed by atoms with Crippen molar-refractivity contribution in [2.45, 2.75) is 13.0 Å². The molecule has 0 aromatic heterocycles. The Hall–Kier alpha value is -4.17. The van der Waals surface area contributed by atoms with Gasteiger partial charge in [-0.1, -0.05) is 54.1 Å². The number of hydrogen-bond donors (Lipinski definition) is 3. The van der Waals surface area contributed by atoms with Crippen LogP contribution in [0.5, 0.6) is 5.75 Å². The van der Waals surface area contributed by atoms with E-state index in [-0.39, 0.29) is 18.9 Å². The van der Waals surface area contributed by atoms with Crippen molar-refractivity contribution in [1.82, 2.24) is 10.7 Å². The molecule has 0 fully saturated rings. The molecule has 0 atom stereocenters. The standard InChI is InChI=1S/C25H23ClN4O4/c26-21-8-4-5-9-22(21)29-25(33)17-34-20-12-10-19(11-13-20)16-28-30-24(32)14-23(31)27-15-18-6-2-1-3-7-18/h1-13,16H,14-15,17H2,(H,27,31)(H,29,33)(H,30,32)/b28-16+. The van der Waals surface area contributed by atoms with Gasteiger partial charge in [-0.3, -0.25) is 14.4 Å². The van der Waals surface area contributed by atoms with Gasteiger partial charge in [0, 0.05) is 6.54 Å². The van der Waals surface area contributed by atoms with E-state index in [1.165, 1.54) is 6.21 Å². The minimum Gasteiger partial charge on any atom is -0.484 e. The fraction of sp³-hybridized carbons (Fsp3) is 0.120. The summed E-state index contributed by atoms with van der Waals surface area (Å²) in [5.74, 6) is -0.761. The molecule has 34 heavy (non-hydrogen) atoms. The maximum Gasteiger partial charge on any atom is 0.262 e. The van der Waals surface area contributed by atoms with Gasteiger partial charge in [0.05, 0.1) is 16.9 Å². The third kappa shape index (κ3) is 8.40. The Kier molecular flexibility index (Phi) is 9.19. The van der Waals surface area contributed by atoms with Crippen molar-refractivity contribution < 1.29 is 19.1 Å². The van der Waals surface area contributed by atoms with Crippen molar-refractivity contribution in [3.63, 3.8) is 0 Å². The van der Waals surface area contributed by atoms with E-state index in [1.54, 1.807) is 48.5 Å². The first-order chi connectivity index (χ1) is 16.5. The molecule has 0 aliphatic heterocycles. The Balaban J connectivity index is 1.36. The molecule has 8 nitrogen and oxygen atoms in total. The molecule has 0 saturated heterocycles. The van der Waals surface area contributed by atoms with E-state index >= 15 is 0 Å². The van der Waals surface area contributed by atoms with Crippen molar-refractivity contribution in [3.05, 3.63) is 95.0 Å². The van der Waals surface area contributed by atoms with Crippen molar-refractivity contribution in [1.29, 1.82) is 0 Å². The van der Waals surface area contributed by atoms with Crippen LogP contribution in [0, 0.1) is 0 Å². The largest absolute Gasteiger partial charge is 0.484 e.